The zero-order valence-corrected chi connectivity index (χ0v) is 19.4. The molecular weight excluding hydrogens is 425 g/mol. The van der Waals surface area contributed by atoms with Gasteiger partial charge in [-0.05, 0) is 73.1 Å². The summed E-state index contributed by atoms with van der Waals surface area (Å²) in [6.07, 6.45) is 3.15. The lowest BCUT2D eigenvalue weighted by molar-refractivity contribution is -0.131. The van der Waals surface area contributed by atoms with E-state index >= 15 is 0 Å². The summed E-state index contributed by atoms with van der Waals surface area (Å²) in [6.45, 7) is 4.65. The Labute approximate surface area is 199 Å². The zero-order chi connectivity index (χ0) is 23.2. The van der Waals surface area contributed by atoms with Crippen LogP contribution < -0.4 is 0 Å². The van der Waals surface area contributed by atoms with Crippen molar-refractivity contribution in [3.8, 4) is 22.5 Å². The number of hydrogen-bond acceptors (Lipinski definition) is 2. The standard InChI is InChI=1S/C29H28FN3O/c1-19-2-13-27-26(16-19)31-28(23-5-3-21(4-6-23)22-9-11-25(30)12-10-22)33(27)18-20-14-15-32(17-20)29(34)24-7-8-24/h2-6,9-13,16,20,24H,7-8,14-15,17-18H2,1H3/t20-/m1/s1. The number of carbonyl (C=O) groups excluding carboxylic acids is 1. The fraction of sp³-hybridized carbons (Fsp3) is 0.310. The van der Waals surface area contributed by atoms with Crippen molar-refractivity contribution in [3.63, 3.8) is 0 Å². The number of aryl methyl sites for hydroxylation is 1. The Kier molecular flexibility index (Phi) is 5.20. The highest BCUT2D eigenvalue weighted by atomic mass is 19.1. The number of likely N-dealkylation sites (tertiary alicyclic amines) is 1. The number of amides is 1. The highest BCUT2D eigenvalue weighted by Crippen LogP contribution is 2.34. The molecule has 172 valence electrons. The first kappa shape index (κ1) is 21.1. The highest BCUT2D eigenvalue weighted by molar-refractivity contribution is 5.82. The second kappa shape index (κ2) is 8.39. The van der Waals surface area contributed by atoms with Crippen LogP contribution in [-0.4, -0.2) is 33.4 Å². The van der Waals surface area contributed by atoms with E-state index in [1.807, 2.05) is 0 Å². The van der Waals surface area contributed by atoms with Gasteiger partial charge >= 0.3 is 0 Å². The van der Waals surface area contributed by atoms with Crippen LogP contribution in [-0.2, 0) is 11.3 Å². The lowest BCUT2D eigenvalue weighted by Crippen LogP contribution is -2.30. The molecule has 0 bridgehead atoms. The van der Waals surface area contributed by atoms with Gasteiger partial charge < -0.3 is 9.47 Å². The molecule has 3 aromatic carbocycles. The second-order valence-corrected chi connectivity index (χ2v) is 9.84. The predicted molar refractivity (Wildman–Crippen MR) is 133 cm³/mol. The molecule has 5 heteroatoms. The molecule has 4 aromatic rings. The average molecular weight is 454 g/mol. The van der Waals surface area contributed by atoms with Gasteiger partial charge in [-0.25, -0.2) is 9.37 Å². The van der Waals surface area contributed by atoms with Gasteiger partial charge in [0, 0.05) is 31.1 Å². The van der Waals surface area contributed by atoms with Crippen LogP contribution in [0.4, 0.5) is 4.39 Å². The maximum absolute atomic E-state index is 13.3. The van der Waals surface area contributed by atoms with Crippen LogP contribution in [0.1, 0.15) is 24.8 Å². The average Bonchev–Trinajstić information content (AvgIpc) is 3.50. The van der Waals surface area contributed by atoms with Crippen molar-refractivity contribution in [2.45, 2.75) is 32.7 Å². The van der Waals surface area contributed by atoms with Crippen LogP contribution in [0.5, 0.6) is 0 Å². The van der Waals surface area contributed by atoms with Crippen LogP contribution in [0.2, 0.25) is 0 Å². The van der Waals surface area contributed by atoms with Crippen molar-refractivity contribution >= 4 is 16.9 Å². The summed E-state index contributed by atoms with van der Waals surface area (Å²) in [5.41, 5.74) is 6.42. The lowest BCUT2D eigenvalue weighted by Gasteiger charge is -2.18. The van der Waals surface area contributed by atoms with Crippen LogP contribution >= 0.6 is 0 Å². The Morgan fingerprint density at radius 2 is 1.62 bits per heavy atom. The van der Waals surface area contributed by atoms with E-state index in [2.05, 4.69) is 58.9 Å². The first-order valence-corrected chi connectivity index (χ1v) is 12.2. The molecule has 34 heavy (non-hydrogen) atoms. The summed E-state index contributed by atoms with van der Waals surface area (Å²) in [5.74, 6) is 1.79. The molecule has 0 N–H and O–H groups in total. The maximum atomic E-state index is 13.3. The number of benzene rings is 3. The van der Waals surface area contributed by atoms with E-state index in [1.54, 1.807) is 12.1 Å². The Balaban J connectivity index is 1.31. The SMILES string of the molecule is Cc1ccc2c(c1)nc(-c1ccc(-c3ccc(F)cc3)cc1)n2C[C@@H]1CCN(C(=O)C2CC2)C1. The van der Waals surface area contributed by atoms with E-state index in [4.69, 9.17) is 4.98 Å². The van der Waals surface area contributed by atoms with Crippen LogP contribution in [0.25, 0.3) is 33.5 Å². The molecule has 0 unspecified atom stereocenters. The normalized spacial score (nSPS) is 18.1. The third kappa shape index (κ3) is 4.00. The zero-order valence-electron chi connectivity index (χ0n) is 19.4. The second-order valence-electron chi connectivity index (χ2n) is 9.84. The van der Waals surface area contributed by atoms with Crippen LogP contribution in [0.3, 0.4) is 0 Å². The predicted octanol–water partition coefficient (Wildman–Crippen LogP) is 6.08. The van der Waals surface area contributed by atoms with Crippen LogP contribution in [0, 0.1) is 24.6 Å². The maximum Gasteiger partial charge on any atom is 0.225 e. The fourth-order valence-corrected chi connectivity index (χ4v) is 5.13. The summed E-state index contributed by atoms with van der Waals surface area (Å²) in [5, 5.41) is 0. The largest absolute Gasteiger partial charge is 0.342 e. The number of rotatable bonds is 5. The molecule has 1 amide bonds. The summed E-state index contributed by atoms with van der Waals surface area (Å²) >= 11 is 0. The fourth-order valence-electron chi connectivity index (χ4n) is 5.13. The minimum Gasteiger partial charge on any atom is -0.342 e. The summed E-state index contributed by atoms with van der Waals surface area (Å²) < 4.78 is 15.6. The van der Waals surface area contributed by atoms with E-state index in [-0.39, 0.29) is 11.7 Å². The molecule has 0 spiro atoms. The van der Waals surface area contributed by atoms with Gasteiger partial charge in [0.05, 0.1) is 11.0 Å². The van der Waals surface area contributed by atoms with Gasteiger partial charge in [0.1, 0.15) is 11.6 Å². The first-order valence-electron chi connectivity index (χ1n) is 12.2. The number of carbonyl (C=O) groups is 1. The van der Waals surface area contributed by atoms with Gasteiger partial charge in [-0.1, -0.05) is 42.5 Å². The lowest BCUT2D eigenvalue weighted by atomic mass is 10.0. The number of halogens is 1. The van der Waals surface area contributed by atoms with Gasteiger partial charge in [-0.3, -0.25) is 4.79 Å². The van der Waals surface area contributed by atoms with E-state index in [1.165, 1.54) is 17.7 Å². The molecule has 2 heterocycles. The third-order valence-electron chi connectivity index (χ3n) is 7.19. The van der Waals surface area contributed by atoms with Gasteiger partial charge in [-0.15, -0.1) is 0 Å². The number of imidazole rings is 1. The smallest absolute Gasteiger partial charge is 0.225 e. The van der Waals surface area contributed by atoms with E-state index in [0.717, 1.165) is 72.4 Å². The van der Waals surface area contributed by atoms with E-state index < -0.39 is 0 Å². The van der Waals surface area contributed by atoms with Crippen molar-refractivity contribution < 1.29 is 9.18 Å². The Bertz CT molecular complexity index is 1350. The van der Waals surface area contributed by atoms with Crippen LogP contribution in [0.15, 0.2) is 66.7 Å². The number of hydrogen-bond donors (Lipinski definition) is 0. The molecule has 1 aliphatic carbocycles. The molecule has 2 aliphatic rings. The molecular formula is C29H28FN3O. The first-order chi connectivity index (χ1) is 16.5. The van der Waals surface area contributed by atoms with Gasteiger partial charge in [0.2, 0.25) is 5.91 Å². The van der Waals surface area contributed by atoms with E-state index in [9.17, 15) is 9.18 Å². The van der Waals surface area contributed by atoms with E-state index in [0.29, 0.717) is 11.8 Å². The molecule has 1 atom stereocenters. The van der Waals surface area contributed by atoms with Gasteiger partial charge in [0.15, 0.2) is 0 Å². The quantitative estimate of drug-likeness (QED) is 0.367. The molecule has 6 rings (SSSR count). The third-order valence-corrected chi connectivity index (χ3v) is 7.19. The number of fused-ring (bicyclic) bond motifs is 1. The minimum absolute atomic E-state index is 0.228. The van der Waals surface area contributed by atoms with Gasteiger partial charge in [-0.2, -0.15) is 0 Å². The summed E-state index contributed by atoms with van der Waals surface area (Å²) in [4.78, 5) is 19.6. The number of nitrogens with zero attached hydrogens (tertiary/aromatic N) is 3. The Morgan fingerprint density at radius 1 is 0.941 bits per heavy atom. The summed E-state index contributed by atoms with van der Waals surface area (Å²) in [7, 11) is 0. The van der Waals surface area contributed by atoms with Crippen molar-refractivity contribution in [2.24, 2.45) is 11.8 Å². The van der Waals surface area contributed by atoms with Gasteiger partial charge in [0.25, 0.3) is 0 Å². The summed E-state index contributed by atoms with van der Waals surface area (Å²) in [6, 6.07) is 21.4. The Hall–Kier alpha value is -3.47. The number of aromatic nitrogens is 2. The molecule has 1 aliphatic heterocycles. The molecule has 1 aromatic heterocycles. The molecule has 1 saturated heterocycles. The Morgan fingerprint density at radius 3 is 2.32 bits per heavy atom. The molecule has 4 nitrogen and oxygen atoms in total. The topological polar surface area (TPSA) is 38.1 Å². The molecule has 0 radical (unpaired) electrons. The molecule has 1 saturated carbocycles. The van der Waals surface area contributed by atoms with Crippen molar-refractivity contribution in [3.05, 3.63) is 78.1 Å². The monoisotopic (exact) mass is 453 g/mol. The molecule has 2 fully saturated rings. The minimum atomic E-state index is -0.228. The van der Waals surface area contributed by atoms with Crippen molar-refractivity contribution in [1.82, 2.24) is 14.5 Å². The highest BCUT2D eigenvalue weighted by Gasteiger charge is 2.36. The van der Waals surface area contributed by atoms with Crippen molar-refractivity contribution in [1.29, 1.82) is 0 Å². The van der Waals surface area contributed by atoms with Crippen molar-refractivity contribution in [2.75, 3.05) is 13.1 Å².